The largest absolute Gasteiger partial charge is 0.463 e. The van der Waals surface area contributed by atoms with E-state index in [4.69, 9.17) is 4.74 Å². The van der Waals surface area contributed by atoms with Crippen molar-refractivity contribution >= 4 is 5.97 Å². The van der Waals surface area contributed by atoms with Crippen molar-refractivity contribution in [2.24, 2.45) is 0 Å². The molecule has 0 amide bonds. The number of esters is 1. The van der Waals surface area contributed by atoms with E-state index in [1.54, 1.807) is 0 Å². The monoisotopic (exact) mass is 180 g/mol. The Balaban J connectivity index is 3.26. The molecule has 0 fully saturated rings. The first kappa shape index (κ1) is 11.7. The van der Waals surface area contributed by atoms with E-state index in [1.165, 1.54) is 6.08 Å². The third-order valence-electron chi connectivity index (χ3n) is 1.37. The number of hydrogen-bond acceptors (Lipinski definition) is 2. The van der Waals surface area contributed by atoms with Crippen LogP contribution >= 0.6 is 0 Å². The van der Waals surface area contributed by atoms with Gasteiger partial charge in [0.1, 0.15) is 0 Å². The van der Waals surface area contributed by atoms with E-state index in [-0.39, 0.29) is 5.97 Å². The van der Waals surface area contributed by atoms with Crippen LogP contribution in [0.3, 0.4) is 0 Å². The molecule has 0 aromatic heterocycles. The van der Waals surface area contributed by atoms with Crippen molar-refractivity contribution in [1.29, 1.82) is 0 Å². The Hall–Kier alpha value is -1.31. The summed E-state index contributed by atoms with van der Waals surface area (Å²) in [5.41, 5.74) is 0. The predicted molar refractivity (Wildman–Crippen MR) is 54.3 cm³/mol. The molecule has 2 nitrogen and oxygen atoms in total. The number of unbranched alkanes of at least 4 members (excludes halogenated alkanes) is 1. The minimum atomic E-state index is -0.350. The SMILES string of the molecule is C=CC(=O)OCCCC=CC=CC. The van der Waals surface area contributed by atoms with Crippen molar-refractivity contribution in [3.63, 3.8) is 0 Å². The number of rotatable bonds is 6. The van der Waals surface area contributed by atoms with E-state index in [9.17, 15) is 4.79 Å². The van der Waals surface area contributed by atoms with Gasteiger partial charge in [0.25, 0.3) is 0 Å². The van der Waals surface area contributed by atoms with E-state index in [2.05, 4.69) is 6.58 Å². The first-order valence-electron chi connectivity index (χ1n) is 4.38. The average Bonchev–Trinajstić information content (AvgIpc) is 2.16. The maximum absolute atomic E-state index is 10.6. The van der Waals surface area contributed by atoms with Crippen molar-refractivity contribution in [2.75, 3.05) is 6.61 Å². The van der Waals surface area contributed by atoms with Crippen LogP contribution in [0.5, 0.6) is 0 Å². The highest BCUT2D eigenvalue weighted by Gasteiger charge is 1.92. The van der Waals surface area contributed by atoms with Gasteiger partial charge in [-0.1, -0.05) is 30.9 Å². The molecule has 0 saturated heterocycles. The van der Waals surface area contributed by atoms with E-state index in [1.807, 2.05) is 31.2 Å². The molecule has 0 aromatic rings. The normalized spacial score (nSPS) is 10.8. The molecule has 13 heavy (non-hydrogen) atoms. The number of carbonyl (C=O) groups is 1. The standard InChI is InChI=1S/C11H16O2/c1-3-5-6-7-8-9-10-13-11(12)4-2/h3-7H,2,8-10H2,1H3. The van der Waals surface area contributed by atoms with Gasteiger partial charge in [-0.25, -0.2) is 4.79 Å². The van der Waals surface area contributed by atoms with Crippen LogP contribution in [-0.4, -0.2) is 12.6 Å². The summed E-state index contributed by atoms with van der Waals surface area (Å²) < 4.78 is 4.79. The second-order valence-electron chi connectivity index (χ2n) is 2.47. The van der Waals surface area contributed by atoms with Gasteiger partial charge in [0.2, 0.25) is 0 Å². The molecule has 0 saturated carbocycles. The van der Waals surface area contributed by atoms with Gasteiger partial charge in [0, 0.05) is 6.08 Å². The number of hydrogen-bond donors (Lipinski definition) is 0. The molecular weight excluding hydrogens is 164 g/mol. The summed E-state index contributed by atoms with van der Waals surface area (Å²) in [7, 11) is 0. The van der Waals surface area contributed by atoms with E-state index >= 15 is 0 Å². The highest BCUT2D eigenvalue weighted by Crippen LogP contribution is 1.93. The molecule has 0 spiro atoms. The van der Waals surface area contributed by atoms with Crippen LogP contribution in [0, 0.1) is 0 Å². The van der Waals surface area contributed by atoms with E-state index in [0.717, 1.165) is 12.8 Å². The molecule has 0 rings (SSSR count). The molecule has 72 valence electrons. The van der Waals surface area contributed by atoms with E-state index < -0.39 is 0 Å². The molecule has 0 radical (unpaired) electrons. The van der Waals surface area contributed by atoms with Crippen molar-refractivity contribution in [2.45, 2.75) is 19.8 Å². The van der Waals surface area contributed by atoms with Crippen LogP contribution in [0.1, 0.15) is 19.8 Å². The lowest BCUT2D eigenvalue weighted by atomic mass is 10.3. The summed E-state index contributed by atoms with van der Waals surface area (Å²) in [6.07, 6.45) is 10.9. The second-order valence-corrected chi connectivity index (χ2v) is 2.47. The van der Waals surface area contributed by atoms with Crippen LogP contribution in [0.4, 0.5) is 0 Å². The van der Waals surface area contributed by atoms with Gasteiger partial charge in [-0.2, -0.15) is 0 Å². The van der Waals surface area contributed by atoms with Gasteiger partial charge < -0.3 is 4.74 Å². The summed E-state index contributed by atoms with van der Waals surface area (Å²) in [6, 6.07) is 0. The Bertz CT molecular complexity index is 202. The van der Waals surface area contributed by atoms with Gasteiger partial charge in [0.05, 0.1) is 6.61 Å². The molecule has 2 heteroatoms. The Morgan fingerprint density at radius 2 is 2.23 bits per heavy atom. The molecule has 0 aromatic carbocycles. The third kappa shape index (κ3) is 8.60. The van der Waals surface area contributed by atoms with E-state index in [0.29, 0.717) is 6.61 Å². The Kier molecular flexibility index (Phi) is 7.90. The summed E-state index contributed by atoms with van der Waals surface area (Å²) in [5.74, 6) is -0.350. The van der Waals surface area contributed by atoms with Crippen LogP contribution < -0.4 is 0 Å². The van der Waals surface area contributed by atoms with Gasteiger partial charge in [-0.3, -0.25) is 0 Å². The van der Waals surface area contributed by atoms with Crippen molar-refractivity contribution in [3.8, 4) is 0 Å². The summed E-state index contributed by atoms with van der Waals surface area (Å²) >= 11 is 0. The maximum atomic E-state index is 10.6. The topological polar surface area (TPSA) is 26.3 Å². The van der Waals surface area contributed by atoms with Gasteiger partial charge in [-0.05, 0) is 19.8 Å². The minimum absolute atomic E-state index is 0.350. The zero-order valence-electron chi connectivity index (χ0n) is 8.03. The van der Waals surface area contributed by atoms with Crippen molar-refractivity contribution in [1.82, 2.24) is 0 Å². The molecule has 0 aliphatic carbocycles. The van der Waals surface area contributed by atoms with Crippen LogP contribution in [-0.2, 0) is 9.53 Å². The molecule has 0 bridgehead atoms. The first-order valence-corrected chi connectivity index (χ1v) is 4.38. The van der Waals surface area contributed by atoms with Crippen molar-refractivity contribution < 1.29 is 9.53 Å². The first-order chi connectivity index (χ1) is 6.31. The summed E-state index contributed by atoms with van der Waals surface area (Å²) in [4.78, 5) is 10.6. The number of carbonyl (C=O) groups excluding carboxylic acids is 1. The van der Waals surface area contributed by atoms with Gasteiger partial charge in [-0.15, -0.1) is 0 Å². The summed E-state index contributed by atoms with van der Waals surface area (Å²) in [6.45, 7) is 5.73. The number of ether oxygens (including phenoxy) is 1. The van der Waals surface area contributed by atoms with Crippen molar-refractivity contribution in [3.05, 3.63) is 37.0 Å². The van der Waals surface area contributed by atoms with Gasteiger partial charge in [0.15, 0.2) is 0 Å². The predicted octanol–water partition coefficient (Wildman–Crippen LogP) is 2.63. The lowest BCUT2D eigenvalue weighted by molar-refractivity contribution is -0.137. The fraction of sp³-hybridized carbons (Fsp3) is 0.364. The highest BCUT2D eigenvalue weighted by molar-refractivity contribution is 5.81. The Morgan fingerprint density at radius 1 is 1.46 bits per heavy atom. The van der Waals surface area contributed by atoms with Crippen LogP contribution in [0.15, 0.2) is 37.0 Å². The molecule has 0 aliphatic rings. The third-order valence-corrected chi connectivity index (χ3v) is 1.37. The molecule has 0 N–H and O–H groups in total. The Morgan fingerprint density at radius 3 is 2.85 bits per heavy atom. The lowest BCUT2D eigenvalue weighted by Gasteiger charge is -1.98. The average molecular weight is 180 g/mol. The highest BCUT2D eigenvalue weighted by atomic mass is 16.5. The van der Waals surface area contributed by atoms with Gasteiger partial charge >= 0.3 is 5.97 Å². The number of allylic oxidation sites excluding steroid dienone is 4. The van der Waals surface area contributed by atoms with Crippen LogP contribution in [0.2, 0.25) is 0 Å². The molecule has 0 atom stereocenters. The molecule has 0 aliphatic heterocycles. The molecule has 0 unspecified atom stereocenters. The fourth-order valence-corrected chi connectivity index (χ4v) is 0.719. The fourth-order valence-electron chi connectivity index (χ4n) is 0.719. The zero-order chi connectivity index (χ0) is 9.94. The molecule has 0 heterocycles. The van der Waals surface area contributed by atoms with Crippen LogP contribution in [0.25, 0.3) is 0 Å². The molecular formula is C11H16O2. The summed E-state index contributed by atoms with van der Waals surface area (Å²) in [5, 5.41) is 0. The zero-order valence-corrected chi connectivity index (χ0v) is 8.03. The lowest BCUT2D eigenvalue weighted by Crippen LogP contribution is -2.00. The quantitative estimate of drug-likeness (QED) is 0.272. The minimum Gasteiger partial charge on any atom is -0.463 e. The maximum Gasteiger partial charge on any atom is 0.330 e. The Labute approximate surface area is 79.6 Å². The second kappa shape index (κ2) is 8.78. The smallest absolute Gasteiger partial charge is 0.330 e.